The highest BCUT2D eigenvalue weighted by molar-refractivity contribution is 5.94. The van der Waals surface area contributed by atoms with Gasteiger partial charge in [-0.25, -0.2) is 9.18 Å². The lowest BCUT2D eigenvalue weighted by molar-refractivity contribution is -0.884. The second-order valence-corrected chi connectivity index (χ2v) is 12.5. The summed E-state index contributed by atoms with van der Waals surface area (Å²) in [6, 6.07) is 21.4. The van der Waals surface area contributed by atoms with Crippen molar-refractivity contribution in [2.75, 3.05) is 40.8 Å². The van der Waals surface area contributed by atoms with Crippen molar-refractivity contribution in [3.05, 3.63) is 94.8 Å². The number of benzene rings is 3. The molecule has 0 aromatic heterocycles. The summed E-state index contributed by atoms with van der Waals surface area (Å²) in [4.78, 5) is 32.9. The van der Waals surface area contributed by atoms with Crippen molar-refractivity contribution in [2.45, 2.75) is 45.0 Å². The van der Waals surface area contributed by atoms with Crippen molar-refractivity contribution >= 4 is 17.8 Å². The van der Waals surface area contributed by atoms with E-state index < -0.39 is 24.3 Å². The molecule has 3 aromatic carbocycles. The van der Waals surface area contributed by atoms with Crippen LogP contribution >= 0.6 is 0 Å². The SMILES string of the molecule is C[C@H]1CN(Cc2cccc(-c3cc(CNC(=O)c4cccc(C[N+](C)(C)C)c4)ccc3F)c2)CCN1.O=C(O)C(F)(F)F.O=C([O-])C(F)(F)F. The maximum absolute atomic E-state index is 14.8. The minimum atomic E-state index is -5.19. The number of carbonyl (C=O) groups is 3. The lowest BCUT2D eigenvalue weighted by atomic mass is 10.00. The van der Waals surface area contributed by atoms with Crippen LogP contribution in [0.2, 0.25) is 0 Å². The molecule has 1 aliphatic rings. The molecule has 50 heavy (non-hydrogen) atoms. The highest BCUT2D eigenvalue weighted by atomic mass is 19.4. The van der Waals surface area contributed by atoms with Gasteiger partial charge in [0.1, 0.15) is 18.3 Å². The van der Waals surface area contributed by atoms with Gasteiger partial charge in [-0.3, -0.25) is 9.69 Å². The average Bonchev–Trinajstić information content (AvgIpc) is 2.99. The van der Waals surface area contributed by atoms with E-state index in [2.05, 4.69) is 55.7 Å². The molecule has 0 saturated carbocycles. The van der Waals surface area contributed by atoms with E-state index in [-0.39, 0.29) is 11.7 Å². The Morgan fingerprint density at radius 2 is 1.52 bits per heavy atom. The molecule has 3 aromatic rings. The van der Waals surface area contributed by atoms with Crippen LogP contribution in [0.5, 0.6) is 0 Å². The van der Waals surface area contributed by atoms with Gasteiger partial charge in [-0.15, -0.1) is 0 Å². The minimum absolute atomic E-state index is 0.128. The highest BCUT2D eigenvalue weighted by Gasteiger charge is 2.38. The smallest absolute Gasteiger partial charge is 0.490 e. The fourth-order valence-electron chi connectivity index (χ4n) is 4.80. The number of hydrogen-bond donors (Lipinski definition) is 3. The lowest BCUT2D eigenvalue weighted by Crippen LogP contribution is -2.48. The molecular weight excluding hydrogens is 677 g/mol. The standard InChI is InChI=1S/C30H37FN4O.2C2HF3O2/c1-22-19-34(14-13-32-22)20-24-7-5-9-26(15-24)28-17-23(11-12-29(28)31)18-33-30(36)27-10-6-8-25(16-27)21-35(2,3)4;2*3-2(4,5)1(6)7/h5-12,15-17,22,32H,13-14,18-21H2,1-4H3;2*(H,6,7)/t22-;;/m0../s1. The summed E-state index contributed by atoms with van der Waals surface area (Å²) < 4.78 is 78.9. The number of nitrogens with zero attached hydrogens (tertiary/aromatic N) is 2. The number of carboxylic acid groups (broad SMARTS) is 2. The van der Waals surface area contributed by atoms with E-state index in [0.29, 0.717) is 23.7 Å². The molecule has 16 heteroatoms. The zero-order valence-electron chi connectivity index (χ0n) is 27.8. The van der Waals surface area contributed by atoms with E-state index in [4.69, 9.17) is 19.8 Å². The van der Waals surface area contributed by atoms with Crippen molar-refractivity contribution in [2.24, 2.45) is 0 Å². The maximum Gasteiger partial charge on any atom is 0.490 e. The summed E-state index contributed by atoms with van der Waals surface area (Å²) in [6.45, 7) is 7.24. The Morgan fingerprint density at radius 1 is 0.920 bits per heavy atom. The Balaban J connectivity index is 0.000000521. The first-order valence-electron chi connectivity index (χ1n) is 15.1. The number of aliphatic carboxylic acids is 2. The van der Waals surface area contributed by atoms with Gasteiger partial charge in [-0.05, 0) is 53.9 Å². The Hall–Kier alpha value is -4.54. The summed E-state index contributed by atoms with van der Waals surface area (Å²) in [5, 5.41) is 22.4. The maximum atomic E-state index is 14.8. The number of nitrogens with one attached hydrogen (secondary N) is 2. The zero-order chi connectivity index (χ0) is 37.9. The van der Waals surface area contributed by atoms with Crippen LogP contribution in [0, 0.1) is 5.82 Å². The molecule has 1 saturated heterocycles. The van der Waals surface area contributed by atoms with E-state index >= 15 is 0 Å². The van der Waals surface area contributed by atoms with Gasteiger partial charge < -0.3 is 30.1 Å². The Morgan fingerprint density at radius 3 is 2.08 bits per heavy atom. The molecule has 0 aliphatic carbocycles. The molecule has 1 heterocycles. The fourth-order valence-corrected chi connectivity index (χ4v) is 4.80. The highest BCUT2D eigenvalue weighted by Crippen LogP contribution is 2.26. The van der Waals surface area contributed by atoms with Gasteiger partial charge >= 0.3 is 18.3 Å². The number of piperazine rings is 1. The molecular formula is C34H39F7N4O5. The summed E-state index contributed by atoms with van der Waals surface area (Å²) >= 11 is 0. The van der Waals surface area contributed by atoms with Crippen molar-refractivity contribution in [1.29, 1.82) is 0 Å². The van der Waals surface area contributed by atoms with Gasteiger partial charge in [-0.2, -0.15) is 26.3 Å². The van der Waals surface area contributed by atoms with E-state index in [1.165, 1.54) is 11.6 Å². The van der Waals surface area contributed by atoms with E-state index in [0.717, 1.165) is 53.9 Å². The van der Waals surface area contributed by atoms with Crippen molar-refractivity contribution in [3.8, 4) is 11.1 Å². The van der Waals surface area contributed by atoms with Gasteiger partial charge in [0.15, 0.2) is 0 Å². The minimum Gasteiger partial charge on any atom is -0.542 e. The normalized spacial score (nSPS) is 15.1. The Bertz CT molecular complexity index is 1580. The molecule has 1 fully saturated rings. The molecule has 1 atom stereocenters. The predicted molar refractivity (Wildman–Crippen MR) is 169 cm³/mol. The van der Waals surface area contributed by atoms with Crippen LogP contribution in [0.25, 0.3) is 11.1 Å². The molecule has 0 unspecified atom stereocenters. The van der Waals surface area contributed by atoms with Crippen LogP contribution in [-0.2, 0) is 29.2 Å². The molecule has 9 nitrogen and oxygen atoms in total. The molecule has 0 spiro atoms. The predicted octanol–water partition coefficient (Wildman–Crippen LogP) is 4.35. The van der Waals surface area contributed by atoms with E-state index in [1.54, 1.807) is 6.07 Å². The molecule has 1 aliphatic heterocycles. The van der Waals surface area contributed by atoms with Gasteiger partial charge in [0.05, 0.1) is 21.1 Å². The first-order chi connectivity index (χ1) is 23.0. The van der Waals surface area contributed by atoms with Gasteiger partial charge in [0.25, 0.3) is 5.91 Å². The molecule has 274 valence electrons. The number of carbonyl (C=O) groups excluding carboxylic acids is 2. The van der Waals surface area contributed by atoms with Crippen LogP contribution in [0.4, 0.5) is 30.7 Å². The average molecular weight is 717 g/mol. The zero-order valence-corrected chi connectivity index (χ0v) is 27.8. The summed E-state index contributed by atoms with van der Waals surface area (Å²) in [7, 11) is 6.38. The van der Waals surface area contributed by atoms with Crippen LogP contribution < -0.4 is 15.7 Å². The molecule has 0 radical (unpaired) electrons. The van der Waals surface area contributed by atoms with E-state index in [1.807, 2.05) is 42.5 Å². The van der Waals surface area contributed by atoms with Crippen molar-refractivity contribution in [1.82, 2.24) is 15.5 Å². The lowest BCUT2D eigenvalue weighted by Gasteiger charge is -2.31. The summed E-state index contributed by atoms with van der Waals surface area (Å²) in [5.41, 5.74) is 5.21. The number of alkyl halides is 6. The first-order valence-corrected chi connectivity index (χ1v) is 15.1. The number of amides is 1. The van der Waals surface area contributed by atoms with Crippen LogP contribution in [0.15, 0.2) is 66.7 Å². The molecule has 0 bridgehead atoms. The monoisotopic (exact) mass is 716 g/mol. The number of quaternary nitrogens is 1. The van der Waals surface area contributed by atoms with Crippen LogP contribution in [0.3, 0.4) is 0 Å². The second-order valence-electron chi connectivity index (χ2n) is 12.5. The topological polar surface area (TPSA) is 122 Å². The Kier molecular flexibility index (Phi) is 14.9. The Labute approximate surface area is 284 Å². The van der Waals surface area contributed by atoms with Gasteiger partial charge in [0.2, 0.25) is 0 Å². The fraction of sp³-hybridized carbons (Fsp3) is 0.382. The number of rotatable bonds is 8. The third kappa shape index (κ3) is 14.9. The largest absolute Gasteiger partial charge is 0.542 e. The quantitative estimate of drug-likeness (QED) is 0.234. The first kappa shape index (κ1) is 41.6. The number of carboxylic acids is 2. The van der Waals surface area contributed by atoms with Gasteiger partial charge in [0, 0.05) is 55.5 Å². The van der Waals surface area contributed by atoms with E-state index in [9.17, 15) is 35.5 Å². The van der Waals surface area contributed by atoms with Crippen molar-refractivity contribution in [3.63, 3.8) is 0 Å². The summed E-state index contributed by atoms with van der Waals surface area (Å²) in [5.74, 6) is -6.15. The van der Waals surface area contributed by atoms with Crippen LogP contribution in [-0.4, -0.2) is 91.5 Å². The number of hydrogen-bond acceptors (Lipinski definition) is 6. The summed E-state index contributed by atoms with van der Waals surface area (Å²) in [6.07, 6.45) is -10.3. The van der Waals surface area contributed by atoms with Gasteiger partial charge in [-0.1, -0.05) is 36.4 Å². The third-order valence-electron chi connectivity index (χ3n) is 6.90. The number of halogens is 7. The van der Waals surface area contributed by atoms with Crippen LogP contribution in [0.1, 0.15) is 34.0 Å². The molecule has 4 rings (SSSR count). The van der Waals surface area contributed by atoms with Crippen molar-refractivity contribution < 1.29 is 59.8 Å². The third-order valence-corrected chi connectivity index (χ3v) is 6.90. The molecule has 1 amide bonds. The molecule has 3 N–H and O–H groups in total. The second kappa shape index (κ2) is 17.9.